The van der Waals surface area contributed by atoms with Crippen molar-refractivity contribution in [2.45, 2.75) is 38.1 Å². The number of aliphatic imine (C=N–C) groups is 1. The lowest BCUT2D eigenvalue weighted by Crippen LogP contribution is -2.36. The quantitative estimate of drug-likeness (QED) is 0.114. The minimum Gasteiger partial charge on any atom is -0.490 e. The number of nitrogens with one attached hydrogen (secondary N) is 1. The molecule has 0 saturated carbocycles. The summed E-state index contributed by atoms with van der Waals surface area (Å²) < 4.78 is 22.9. The van der Waals surface area contributed by atoms with E-state index in [-0.39, 0.29) is 30.2 Å². The van der Waals surface area contributed by atoms with Crippen LogP contribution >= 0.6 is 0 Å². The van der Waals surface area contributed by atoms with Crippen molar-refractivity contribution < 1.29 is 28.3 Å². The summed E-state index contributed by atoms with van der Waals surface area (Å²) >= 11 is 0. The summed E-state index contributed by atoms with van der Waals surface area (Å²) in [5.41, 5.74) is 2.28. The van der Waals surface area contributed by atoms with Crippen molar-refractivity contribution in [2.24, 2.45) is 4.99 Å². The Bertz CT molecular complexity index is 1460. The molecule has 11 heteroatoms. The van der Waals surface area contributed by atoms with Gasteiger partial charge in [0.15, 0.2) is 17.3 Å². The van der Waals surface area contributed by atoms with Gasteiger partial charge in [0.1, 0.15) is 6.04 Å². The van der Waals surface area contributed by atoms with Gasteiger partial charge in [0.25, 0.3) is 0 Å². The molecule has 1 aromatic heterocycles. The van der Waals surface area contributed by atoms with Gasteiger partial charge in [0, 0.05) is 12.6 Å². The molecule has 44 heavy (non-hydrogen) atoms. The topological polar surface area (TPSA) is 129 Å². The number of ether oxygens (including phenoxy) is 3. The van der Waals surface area contributed by atoms with Gasteiger partial charge in [0.05, 0.1) is 49.4 Å². The Morgan fingerprint density at radius 1 is 1.09 bits per heavy atom. The van der Waals surface area contributed by atoms with E-state index in [0.29, 0.717) is 35.9 Å². The number of benzene rings is 2. The fraction of sp³-hybridized carbons (Fsp3) is 0.394. The van der Waals surface area contributed by atoms with Gasteiger partial charge in [-0.1, -0.05) is 36.8 Å². The largest absolute Gasteiger partial charge is 0.490 e. The van der Waals surface area contributed by atoms with Gasteiger partial charge in [-0.15, -0.1) is 0 Å². The standard InChI is InChI=1S/C33H38N4O7/c1-41-29-22-25(14-15-27(29)37(39)40)31-30(33(38)44-20-8-12-24-10-4-2-5-11-24)26(34-32(35-31)28-13-9-19-43-28)23-42-21-18-36-16-6-3-7-17-36/h2,4-5,9-11,13-15,19,22,31H,3,6-8,12,16-18,20-21,23H2,1H3,(H,34,35). The van der Waals surface area contributed by atoms with Crippen molar-refractivity contribution in [1.82, 2.24) is 10.2 Å². The average Bonchev–Trinajstić information content (AvgIpc) is 3.61. The molecular formula is C33H38N4O7. The van der Waals surface area contributed by atoms with Crippen LogP contribution in [-0.4, -0.2) is 68.2 Å². The summed E-state index contributed by atoms with van der Waals surface area (Å²) in [7, 11) is 1.37. The van der Waals surface area contributed by atoms with Crippen LogP contribution in [0.1, 0.15) is 48.6 Å². The van der Waals surface area contributed by atoms with Gasteiger partial charge in [-0.25, -0.2) is 4.79 Å². The molecule has 3 aromatic rings. The normalized spacial score (nSPS) is 17.1. The van der Waals surface area contributed by atoms with Crippen LogP contribution in [0, 0.1) is 10.1 Å². The molecule has 0 spiro atoms. The van der Waals surface area contributed by atoms with E-state index in [2.05, 4.69) is 10.2 Å². The maximum absolute atomic E-state index is 13.8. The highest BCUT2D eigenvalue weighted by Crippen LogP contribution is 2.37. The van der Waals surface area contributed by atoms with E-state index in [1.807, 2.05) is 30.3 Å². The highest BCUT2D eigenvalue weighted by molar-refractivity contribution is 6.02. The summed E-state index contributed by atoms with van der Waals surface area (Å²) in [4.78, 5) is 32.1. The van der Waals surface area contributed by atoms with Crippen LogP contribution < -0.4 is 10.1 Å². The molecule has 232 valence electrons. The van der Waals surface area contributed by atoms with Crippen molar-refractivity contribution in [3.63, 3.8) is 0 Å². The van der Waals surface area contributed by atoms with Crippen molar-refractivity contribution in [2.75, 3.05) is 46.6 Å². The highest BCUT2D eigenvalue weighted by atomic mass is 16.6. The van der Waals surface area contributed by atoms with Crippen LogP contribution in [0.25, 0.3) is 0 Å². The fourth-order valence-electron chi connectivity index (χ4n) is 5.46. The first-order chi connectivity index (χ1) is 21.5. The molecule has 1 unspecified atom stereocenters. The molecule has 0 bridgehead atoms. The minimum absolute atomic E-state index is 0.0655. The van der Waals surface area contributed by atoms with E-state index in [1.165, 1.54) is 38.5 Å². The van der Waals surface area contributed by atoms with Crippen molar-refractivity contribution in [1.29, 1.82) is 0 Å². The number of carbonyl (C=O) groups excluding carboxylic acids is 1. The Kier molecular flexibility index (Phi) is 10.8. The maximum Gasteiger partial charge on any atom is 0.338 e. The van der Waals surface area contributed by atoms with Crippen LogP contribution in [0.3, 0.4) is 0 Å². The summed E-state index contributed by atoms with van der Waals surface area (Å²) in [5, 5.41) is 14.8. The second-order valence-electron chi connectivity index (χ2n) is 10.7. The Morgan fingerprint density at radius 3 is 2.64 bits per heavy atom. The summed E-state index contributed by atoms with van der Waals surface area (Å²) in [6, 6.07) is 17.1. The maximum atomic E-state index is 13.8. The van der Waals surface area contributed by atoms with Crippen LogP contribution in [0.5, 0.6) is 5.75 Å². The molecule has 1 saturated heterocycles. The third-order valence-electron chi connectivity index (χ3n) is 7.75. The van der Waals surface area contributed by atoms with E-state index in [9.17, 15) is 14.9 Å². The van der Waals surface area contributed by atoms with Crippen molar-refractivity contribution in [3.8, 4) is 5.75 Å². The molecule has 11 nitrogen and oxygen atoms in total. The molecule has 1 fully saturated rings. The summed E-state index contributed by atoms with van der Waals surface area (Å²) in [6.45, 7) is 3.74. The second kappa shape index (κ2) is 15.3. The lowest BCUT2D eigenvalue weighted by Gasteiger charge is -2.28. The van der Waals surface area contributed by atoms with Gasteiger partial charge < -0.3 is 28.8 Å². The Morgan fingerprint density at radius 2 is 1.91 bits per heavy atom. The number of nitrogens with zero attached hydrogens (tertiary/aromatic N) is 3. The summed E-state index contributed by atoms with van der Waals surface area (Å²) in [5.74, 6) is 0.415. The summed E-state index contributed by atoms with van der Waals surface area (Å²) in [6.07, 6.45) is 6.59. The van der Waals surface area contributed by atoms with E-state index in [0.717, 1.165) is 31.6 Å². The van der Waals surface area contributed by atoms with Gasteiger partial charge >= 0.3 is 11.7 Å². The van der Waals surface area contributed by atoms with Gasteiger partial charge in [0.2, 0.25) is 0 Å². The van der Waals surface area contributed by atoms with E-state index in [4.69, 9.17) is 23.6 Å². The lowest BCUT2D eigenvalue weighted by atomic mass is 9.95. The number of nitro benzene ring substituents is 1. The zero-order valence-corrected chi connectivity index (χ0v) is 24.9. The predicted octanol–water partition coefficient (Wildman–Crippen LogP) is 5.22. The molecule has 0 radical (unpaired) electrons. The molecule has 0 aliphatic carbocycles. The third-order valence-corrected chi connectivity index (χ3v) is 7.75. The fourth-order valence-corrected chi connectivity index (χ4v) is 5.46. The monoisotopic (exact) mass is 602 g/mol. The van der Waals surface area contributed by atoms with Crippen LogP contribution in [0.15, 0.2) is 87.6 Å². The first-order valence-corrected chi connectivity index (χ1v) is 15.0. The van der Waals surface area contributed by atoms with Crippen LogP contribution in [0.4, 0.5) is 5.69 Å². The zero-order valence-electron chi connectivity index (χ0n) is 24.9. The van der Waals surface area contributed by atoms with E-state index >= 15 is 0 Å². The number of carbonyl (C=O) groups is 1. The molecule has 1 atom stereocenters. The molecule has 2 aliphatic heterocycles. The molecule has 2 aromatic carbocycles. The number of nitro groups is 1. The minimum atomic E-state index is -0.853. The van der Waals surface area contributed by atoms with Gasteiger partial charge in [-0.05, 0) is 74.2 Å². The molecule has 2 aliphatic rings. The number of esters is 1. The molecule has 3 heterocycles. The van der Waals surface area contributed by atoms with Crippen LogP contribution in [0.2, 0.25) is 0 Å². The number of furan rings is 1. The Balaban J connectivity index is 1.42. The Labute approximate surface area is 256 Å². The number of hydrogen-bond acceptors (Lipinski definition) is 10. The second-order valence-corrected chi connectivity index (χ2v) is 10.7. The van der Waals surface area contributed by atoms with Crippen molar-refractivity contribution in [3.05, 3.63) is 105 Å². The highest BCUT2D eigenvalue weighted by Gasteiger charge is 2.34. The number of aryl methyl sites for hydroxylation is 1. The third kappa shape index (κ3) is 7.91. The molecular weight excluding hydrogens is 564 g/mol. The van der Waals surface area contributed by atoms with Gasteiger partial charge in [-0.3, -0.25) is 15.1 Å². The number of hydrogen-bond donors (Lipinski definition) is 1. The van der Waals surface area contributed by atoms with E-state index in [1.54, 1.807) is 24.5 Å². The molecule has 5 rings (SSSR count). The first-order valence-electron chi connectivity index (χ1n) is 15.0. The SMILES string of the molecule is COc1cc(C2N=C(c3ccco3)NC(COCCN3CCCCC3)=C2C(=O)OCCCc2ccccc2)ccc1[N+](=O)[O-]. The number of methoxy groups -OCH3 is 1. The molecule has 1 N–H and O–H groups in total. The first kappa shape index (κ1) is 31.0. The Hall–Kier alpha value is -4.48. The predicted molar refractivity (Wildman–Crippen MR) is 165 cm³/mol. The average molecular weight is 603 g/mol. The smallest absolute Gasteiger partial charge is 0.338 e. The number of amidine groups is 1. The molecule has 0 amide bonds. The number of rotatable bonds is 14. The van der Waals surface area contributed by atoms with Gasteiger partial charge in [-0.2, -0.15) is 0 Å². The van der Waals surface area contributed by atoms with Crippen molar-refractivity contribution >= 4 is 17.5 Å². The zero-order chi connectivity index (χ0) is 30.7. The number of piperidine rings is 1. The van der Waals surface area contributed by atoms with Crippen LogP contribution in [-0.2, 0) is 20.7 Å². The lowest BCUT2D eigenvalue weighted by molar-refractivity contribution is -0.385. The number of likely N-dealkylation sites (tertiary alicyclic amines) is 1. The van der Waals surface area contributed by atoms with E-state index < -0.39 is 16.9 Å².